The maximum absolute atomic E-state index is 6.77. The minimum atomic E-state index is 0.0150. The molecule has 0 aromatic carbocycles. The van der Waals surface area contributed by atoms with Crippen molar-refractivity contribution in [2.45, 2.75) is 19.4 Å². The molecule has 47 valence electrons. The van der Waals surface area contributed by atoms with Gasteiger partial charge in [0, 0.05) is 6.04 Å². The predicted octanol–water partition coefficient (Wildman–Crippen LogP) is 0.0822. The largest absolute Gasteiger partial charge is 0.370 e. The van der Waals surface area contributed by atoms with Gasteiger partial charge in [0.2, 0.25) is 0 Å². The number of hydrogen-bond donors (Lipinski definition) is 3. The Morgan fingerprint density at radius 1 is 2.00 bits per heavy atom. The average Bonchev–Trinajstić information content (AvgIpc) is 1.65. The van der Waals surface area contributed by atoms with Gasteiger partial charge in [0.1, 0.15) is 0 Å². The Kier molecular flexibility index (Phi) is 2.99. The lowest BCUT2D eigenvalue weighted by atomic mass is 10.3. The van der Waals surface area contributed by atoms with Gasteiger partial charge in [-0.1, -0.05) is 6.92 Å². The molecule has 0 fully saturated rings. The SMILES string of the molecule is [CH2]C[C@H](C)NC(=N)N. The highest BCUT2D eigenvalue weighted by Crippen LogP contribution is 1.83. The van der Waals surface area contributed by atoms with Gasteiger partial charge in [-0.15, -0.1) is 0 Å². The molecule has 0 amide bonds. The van der Waals surface area contributed by atoms with Crippen LogP contribution in [0.3, 0.4) is 0 Å². The fourth-order valence-electron chi connectivity index (χ4n) is 0.338. The van der Waals surface area contributed by atoms with Crippen molar-refractivity contribution in [2.75, 3.05) is 0 Å². The van der Waals surface area contributed by atoms with E-state index in [2.05, 4.69) is 12.2 Å². The maximum atomic E-state index is 6.77. The van der Waals surface area contributed by atoms with E-state index >= 15 is 0 Å². The summed E-state index contributed by atoms with van der Waals surface area (Å²) in [4.78, 5) is 0. The summed E-state index contributed by atoms with van der Waals surface area (Å²) >= 11 is 0. The van der Waals surface area contributed by atoms with Crippen molar-refractivity contribution in [1.29, 1.82) is 5.41 Å². The minimum Gasteiger partial charge on any atom is -0.370 e. The molecule has 0 saturated carbocycles. The summed E-state index contributed by atoms with van der Waals surface area (Å²) in [7, 11) is 0. The molecule has 0 heterocycles. The van der Waals surface area contributed by atoms with Crippen LogP contribution in [0.5, 0.6) is 0 Å². The summed E-state index contributed by atoms with van der Waals surface area (Å²) in [5, 5.41) is 9.46. The number of nitrogens with two attached hydrogens (primary N) is 1. The number of nitrogens with one attached hydrogen (secondary N) is 2. The molecule has 0 aliphatic rings. The van der Waals surface area contributed by atoms with Gasteiger partial charge in [-0.3, -0.25) is 5.41 Å². The summed E-state index contributed by atoms with van der Waals surface area (Å²) in [6.45, 7) is 5.55. The van der Waals surface area contributed by atoms with Crippen LogP contribution in [0.1, 0.15) is 13.3 Å². The van der Waals surface area contributed by atoms with Crippen molar-refractivity contribution in [2.24, 2.45) is 5.73 Å². The molecule has 0 aromatic rings. The van der Waals surface area contributed by atoms with Gasteiger partial charge in [-0.05, 0) is 13.3 Å². The second-order valence-electron chi connectivity index (χ2n) is 1.75. The van der Waals surface area contributed by atoms with E-state index in [1.165, 1.54) is 0 Å². The van der Waals surface area contributed by atoms with Crippen LogP contribution in [-0.4, -0.2) is 12.0 Å². The summed E-state index contributed by atoms with van der Waals surface area (Å²) in [5.41, 5.74) is 5.01. The molecule has 1 atom stereocenters. The predicted molar refractivity (Wildman–Crippen MR) is 34.5 cm³/mol. The number of hydrogen-bond acceptors (Lipinski definition) is 1. The Labute approximate surface area is 49.8 Å². The molecular formula is C5H12N3. The third-order valence-electron chi connectivity index (χ3n) is 0.835. The van der Waals surface area contributed by atoms with E-state index in [1.54, 1.807) is 0 Å². The minimum absolute atomic E-state index is 0.0150. The summed E-state index contributed by atoms with van der Waals surface area (Å²) < 4.78 is 0. The first-order valence-corrected chi connectivity index (χ1v) is 2.56. The third kappa shape index (κ3) is 3.46. The molecule has 0 bridgehead atoms. The smallest absolute Gasteiger partial charge is 0.185 e. The normalized spacial score (nSPS) is 12.8. The van der Waals surface area contributed by atoms with E-state index in [0.717, 1.165) is 6.42 Å². The van der Waals surface area contributed by atoms with Gasteiger partial charge in [0.15, 0.2) is 5.96 Å². The van der Waals surface area contributed by atoms with Crippen molar-refractivity contribution >= 4 is 5.96 Å². The fraction of sp³-hybridized carbons (Fsp3) is 0.600. The number of rotatable bonds is 2. The van der Waals surface area contributed by atoms with Gasteiger partial charge in [0.25, 0.3) is 0 Å². The molecule has 3 heteroatoms. The lowest BCUT2D eigenvalue weighted by molar-refractivity contribution is 0.666. The maximum Gasteiger partial charge on any atom is 0.185 e. The molecule has 4 N–H and O–H groups in total. The van der Waals surface area contributed by atoms with Crippen LogP contribution in [0.2, 0.25) is 0 Å². The lowest BCUT2D eigenvalue weighted by Gasteiger charge is -2.08. The van der Waals surface area contributed by atoms with Gasteiger partial charge >= 0.3 is 0 Å². The van der Waals surface area contributed by atoms with Gasteiger partial charge in [-0.2, -0.15) is 0 Å². The van der Waals surface area contributed by atoms with E-state index in [0.29, 0.717) is 0 Å². The Morgan fingerprint density at radius 2 is 2.50 bits per heavy atom. The second kappa shape index (κ2) is 3.29. The first kappa shape index (κ1) is 7.27. The molecule has 0 spiro atoms. The quantitative estimate of drug-likeness (QED) is 0.352. The highest BCUT2D eigenvalue weighted by Gasteiger charge is 1.94. The topological polar surface area (TPSA) is 61.9 Å². The van der Waals surface area contributed by atoms with E-state index in [-0.39, 0.29) is 12.0 Å². The van der Waals surface area contributed by atoms with Gasteiger partial charge in [0.05, 0.1) is 0 Å². The Balaban J connectivity index is 3.24. The van der Waals surface area contributed by atoms with E-state index in [4.69, 9.17) is 11.1 Å². The van der Waals surface area contributed by atoms with E-state index in [1.807, 2.05) is 6.92 Å². The Morgan fingerprint density at radius 3 is 2.62 bits per heavy atom. The van der Waals surface area contributed by atoms with Gasteiger partial charge < -0.3 is 11.1 Å². The zero-order valence-corrected chi connectivity index (χ0v) is 5.07. The molecule has 8 heavy (non-hydrogen) atoms. The van der Waals surface area contributed by atoms with Crippen LogP contribution in [-0.2, 0) is 0 Å². The van der Waals surface area contributed by atoms with Crippen LogP contribution in [0.4, 0.5) is 0 Å². The summed E-state index contributed by atoms with van der Waals surface area (Å²) in [6, 6.07) is 0.215. The Hall–Kier alpha value is -0.730. The van der Waals surface area contributed by atoms with Crippen molar-refractivity contribution < 1.29 is 0 Å². The zero-order valence-electron chi connectivity index (χ0n) is 5.07. The fourth-order valence-corrected chi connectivity index (χ4v) is 0.338. The van der Waals surface area contributed by atoms with Crippen LogP contribution in [0.25, 0.3) is 0 Å². The monoisotopic (exact) mass is 114 g/mol. The summed E-state index contributed by atoms with van der Waals surface area (Å²) in [6.07, 6.45) is 0.750. The third-order valence-corrected chi connectivity index (χ3v) is 0.835. The highest BCUT2D eigenvalue weighted by molar-refractivity contribution is 5.74. The molecule has 0 saturated heterocycles. The first-order chi connectivity index (χ1) is 3.66. The molecule has 0 rings (SSSR count). The molecule has 0 aliphatic heterocycles. The standard InChI is InChI=1S/C5H12N3/c1-3-4(2)8-5(6)7/h4H,1,3H2,2H3,(H4,6,7,8)/t4-/m0/s1. The van der Waals surface area contributed by atoms with Crippen molar-refractivity contribution in [3.63, 3.8) is 0 Å². The lowest BCUT2D eigenvalue weighted by Crippen LogP contribution is -2.36. The molecular weight excluding hydrogens is 102 g/mol. The van der Waals surface area contributed by atoms with Crippen LogP contribution >= 0.6 is 0 Å². The van der Waals surface area contributed by atoms with Crippen molar-refractivity contribution in [1.82, 2.24) is 5.32 Å². The van der Waals surface area contributed by atoms with Crippen molar-refractivity contribution in [3.8, 4) is 0 Å². The zero-order chi connectivity index (χ0) is 6.57. The van der Waals surface area contributed by atoms with E-state index < -0.39 is 0 Å². The molecule has 0 unspecified atom stereocenters. The highest BCUT2D eigenvalue weighted by atomic mass is 15.1. The van der Waals surface area contributed by atoms with Crippen LogP contribution in [0.15, 0.2) is 0 Å². The first-order valence-electron chi connectivity index (χ1n) is 2.56. The Bertz CT molecular complexity index is 79.7. The molecule has 0 aliphatic carbocycles. The molecule has 3 nitrogen and oxygen atoms in total. The molecule has 0 aromatic heterocycles. The second-order valence-corrected chi connectivity index (χ2v) is 1.75. The average molecular weight is 114 g/mol. The van der Waals surface area contributed by atoms with Crippen LogP contribution < -0.4 is 11.1 Å². The number of guanidine groups is 1. The van der Waals surface area contributed by atoms with Crippen LogP contribution in [0, 0.1) is 12.3 Å². The molecule has 1 radical (unpaired) electrons. The van der Waals surface area contributed by atoms with E-state index in [9.17, 15) is 0 Å². The van der Waals surface area contributed by atoms with Crippen molar-refractivity contribution in [3.05, 3.63) is 6.92 Å². The van der Waals surface area contributed by atoms with Gasteiger partial charge in [-0.25, -0.2) is 0 Å². The summed E-state index contributed by atoms with van der Waals surface area (Å²) in [5.74, 6) is 0.0150.